The standard InChI is InChI=1S/C12H11ClN2O4S/c1-7-4-8(2-3-9(7)13)18-5-10-14-15-12(19-10)20-6-11(16)17/h2-4H,5-6H2,1H3,(H,16,17)/p-1. The third-order valence-electron chi connectivity index (χ3n) is 2.25. The highest BCUT2D eigenvalue weighted by molar-refractivity contribution is 7.99. The highest BCUT2D eigenvalue weighted by Gasteiger charge is 2.08. The van der Waals surface area contributed by atoms with Crippen LogP contribution >= 0.6 is 23.4 Å². The van der Waals surface area contributed by atoms with E-state index in [2.05, 4.69) is 10.2 Å². The number of aromatic nitrogens is 2. The number of carbonyl (C=O) groups is 1. The van der Waals surface area contributed by atoms with Crippen molar-refractivity contribution < 1.29 is 19.1 Å². The van der Waals surface area contributed by atoms with Crippen molar-refractivity contribution in [2.75, 3.05) is 5.75 Å². The van der Waals surface area contributed by atoms with Crippen LogP contribution in [0.4, 0.5) is 0 Å². The number of carboxylic acid groups (broad SMARTS) is 1. The van der Waals surface area contributed by atoms with Crippen molar-refractivity contribution in [2.45, 2.75) is 18.8 Å². The van der Waals surface area contributed by atoms with Gasteiger partial charge < -0.3 is 19.1 Å². The Hall–Kier alpha value is -1.73. The maximum absolute atomic E-state index is 10.3. The Balaban J connectivity index is 1.90. The molecule has 0 unspecified atom stereocenters. The van der Waals surface area contributed by atoms with Gasteiger partial charge in [-0.25, -0.2) is 0 Å². The number of ether oxygens (including phenoxy) is 1. The second kappa shape index (κ2) is 6.62. The number of benzene rings is 1. The molecule has 1 heterocycles. The van der Waals surface area contributed by atoms with Crippen LogP contribution in [-0.4, -0.2) is 21.9 Å². The van der Waals surface area contributed by atoms with E-state index in [1.54, 1.807) is 18.2 Å². The van der Waals surface area contributed by atoms with E-state index in [9.17, 15) is 9.90 Å². The van der Waals surface area contributed by atoms with Gasteiger partial charge in [-0.05, 0) is 30.7 Å². The number of carbonyl (C=O) groups excluding carboxylic acids is 1. The molecule has 8 heteroatoms. The number of nitrogens with zero attached hydrogens (tertiary/aromatic N) is 2. The molecule has 1 aromatic carbocycles. The summed E-state index contributed by atoms with van der Waals surface area (Å²) in [5.74, 6) is -0.533. The van der Waals surface area contributed by atoms with E-state index in [-0.39, 0.29) is 23.5 Å². The van der Waals surface area contributed by atoms with Crippen molar-refractivity contribution in [3.63, 3.8) is 0 Å². The lowest BCUT2D eigenvalue weighted by Crippen LogP contribution is -2.24. The molecule has 2 aromatic rings. The molecule has 1 aromatic heterocycles. The van der Waals surface area contributed by atoms with Crippen LogP contribution in [0, 0.1) is 6.92 Å². The van der Waals surface area contributed by atoms with Crippen molar-refractivity contribution in [1.82, 2.24) is 10.2 Å². The second-order valence-corrected chi connectivity index (χ2v) is 5.16. The maximum atomic E-state index is 10.3. The van der Waals surface area contributed by atoms with Gasteiger partial charge in [0.2, 0.25) is 0 Å². The zero-order valence-electron chi connectivity index (χ0n) is 10.5. The van der Waals surface area contributed by atoms with Crippen molar-refractivity contribution in [3.05, 3.63) is 34.7 Å². The molecule has 106 valence electrons. The Morgan fingerprint density at radius 1 is 1.50 bits per heavy atom. The quantitative estimate of drug-likeness (QED) is 0.746. The van der Waals surface area contributed by atoms with Crippen molar-refractivity contribution in [1.29, 1.82) is 0 Å². The van der Waals surface area contributed by atoms with E-state index >= 15 is 0 Å². The zero-order valence-corrected chi connectivity index (χ0v) is 12.0. The van der Waals surface area contributed by atoms with Crippen molar-refractivity contribution in [2.24, 2.45) is 0 Å². The summed E-state index contributed by atoms with van der Waals surface area (Å²) in [4.78, 5) is 10.3. The average Bonchev–Trinajstić information content (AvgIpc) is 2.86. The van der Waals surface area contributed by atoms with Gasteiger partial charge in [0.05, 0.1) is 5.97 Å². The minimum atomic E-state index is -1.19. The number of hydrogen-bond acceptors (Lipinski definition) is 7. The number of rotatable bonds is 6. The Kier molecular flexibility index (Phi) is 4.86. The Bertz CT molecular complexity index is 617. The fourth-order valence-electron chi connectivity index (χ4n) is 1.33. The summed E-state index contributed by atoms with van der Waals surface area (Å²) >= 11 is 6.81. The lowest BCUT2D eigenvalue weighted by atomic mass is 10.2. The molecule has 0 aliphatic rings. The minimum absolute atomic E-state index is 0.0972. The molecular weight excluding hydrogens is 304 g/mol. The number of thioether (sulfide) groups is 1. The Labute approximate surface area is 124 Å². The zero-order chi connectivity index (χ0) is 14.5. The van der Waals surface area contributed by atoms with Crippen LogP contribution in [0.5, 0.6) is 5.75 Å². The molecule has 2 rings (SSSR count). The van der Waals surface area contributed by atoms with Gasteiger partial charge in [0.1, 0.15) is 5.75 Å². The molecule has 0 fully saturated rings. The van der Waals surface area contributed by atoms with Crippen molar-refractivity contribution >= 4 is 29.3 Å². The van der Waals surface area contributed by atoms with Gasteiger partial charge >= 0.3 is 0 Å². The molecule has 0 saturated heterocycles. The molecule has 0 amide bonds. The first kappa shape index (κ1) is 14.7. The van der Waals surface area contributed by atoms with Gasteiger partial charge in [0.15, 0.2) is 6.61 Å². The van der Waals surface area contributed by atoms with E-state index in [1.165, 1.54) is 0 Å². The average molecular weight is 314 g/mol. The number of aryl methyl sites for hydroxylation is 1. The largest absolute Gasteiger partial charge is 0.549 e. The number of halogens is 1. The summed E-state index contributed by atoms with van der Waals surface area (Å²) in [6, 6.07) is 5.27. The van der Waals surface area contributed by atoms with Crippen LogP contribution in [-0.2, 0) is 11.4 Å². The summed E-state index contributed by atoms with van der Waals surface area (Å²) in [7, 11) is 0. The Morgan fingerprint density at radius 3 is 3.00 bits per heavy atom. The van der Waals surface area contributed by atoms with E-state index in [0.29, 0.717) is 10.8 Å². The Morgan fingerprint density at radius 2 is 2.30 bits per heavy atom. The monoisotopic (exact) mass is 313 g/mol. The predicted octanol–water partition coefficient (Wildman–Crippen LogP) is 1.45. The number of hydrogen-bond donors (Lipinski definition) is 0. The molecule has 6 nitrogen and oxygen atoms in total. The molecule has 20 heavy (non-hydrogen) atoms. The molecule has 0 bridgehead atoms. The van der Waals surface area contributed by atoms with Crippen LogP contribution in [0.2, 0.25) is 5.02 Å². The summed E-state index contributed by atoms with van der Waals surface area (Å²) in [5.41, 5.74) is 0.903. The molecule has 0 aliphatic heterocycles. The second-order valence-electron chi connectivity index (χ2n) is 3.82. The molecule has 0 aliphatic carbocycles. The van der Waals surface area contributed by atoms with E-state index in [0.717, 1.165) is 17.3 Å². The topological polar surface area (TPSA) is 88.3 Å². The molecule has 0 saturated carbocycles. The van der Waals surface area contributed by atoms with Crippen LogP contribution in [0.1, 0.15) is 11.5 Å². The highest BCUT2D eigenvalue weighted by atomic mass is 35.5. The fourth-order valence-corrected chi connectivity index (χ4v) is 1.94. The maximum Gasteiger partial charge on any atom is 0.277 e. The lowest BCUT2D eigenvalue weighted by molar-refractivity contribution is -0.301. The van der Waals surface area contributed by atoms with Crippen molar-refractivity contribution in [3.8, 4) is 5.75 Å². The molecule has 0 N–H and O–H groups in total. The SMILES string of the molecule is Cc1cc(OCc2nnc(SCC(=O)[O-])o2)ccc1Cl. The van der Waals surface area contributed by atoms with E-state index in [4.69, 9.17) is 20.8 Å². The summed E-state index contributed by atoms with van der Waals surface area (Å²) in [6.07, 6.45) is 0. The van der Waals surface area contributed by atoms with Crippen LogP contribution in [0.25, 0.3) is 0 Å². The molecule has 0 atom stereocenters. The number of carboxylic acids is 1. The van der Waals surface area contributed by atoms with Gasteiger partial charge in [0, 0.05) is 10.8 Å². The summed E-state index contributed by atoms with van der Waals surface area (Å²) in [5, 5.41) is 18.6. The predicted molar refractivity (Wildman–Crippen MR) is 70.6 cm³/mol. The third-order valence-corrected chi connectivity index (χ3v) is 3.47. The lowest BCUT2D eigenvalue weighted by Gasteiger charge is -2.05. The summed E-state index contributed by atoms with van der Waals surface area (Å²) < 4.78 is 10.7. The molecule has 0 radical (unpaired) electrons. The van der Waals surface area contributed by atoms with E-state index in [1.807, 2.05) is 6.92 Å². The third kappa shape index (κ3) is 4.14. The van der Waals surface area contributed by atoms with Gasteiger partial charge in [-0.15, -0.1) is 10.2 Å². The first-order chi connectivity index (χ1) is 9.54. The fraction of sp³-hybridized carbons (Fsp3) is 0.250. The number of aliphatic carboxylic acids is 1. The van der Waals surface area contributed by atoms with Gasteiger partial charge in [0.25, 0.3) is 11.1 Å². The van der Waals surface area contributed by atoms with Crippen LogP contribution < -0.4 is 9.84 Å². The first-order valence-electron chi connectivity index (χ1n) is 5.58. The molecular formula is C12H10ClN2O4S-. The molecule has 0 spiro atoms. The minimum Gasteiger partial charge on any atom is -0.549 e. The van der Waals surface area contributed by atoms with E-state index < -0.39 is 5.97 Å². The van der Waals surface area contributed by atoms with Crippen LogP contribution in [0.15, 0.2) is 27.8 Å². The smallest absolute Gasteiger partial charge is 0.277 e. The first-order valence-corrected chi connectivity index (χ1v) is 6.95. The van der Waals surface area contributed by atoms with Gasteiger partial charge in [-0.2, -0.15) is 0 Å². The van der Waals surface area contributed by atoms with Crippen LogP contribution in [0.3, 0.4) is 0 Å². The van der Waals surface area contributed by atoms with Gasteiger partial charge in [-0.1, -0.05) is 23.4 Å². The van der Waals surface area contributed by atoms with Gasteiger partial charge in [-0.3, -0.25) is 0 Å². The highest BCUT2D eigenvalue weighted by Crippen LogP contribution is 2.22. The normalized spacial score (nSPS) is 10.5. The summed E-state index contributed by atoms with van der Waals surface area (Å²) in [6.45, 7) is 1.97.